The summed E-state index contributed by atoms with van der Waals surface area (Å²) in [5.74, 6) is 0.311. The van der Waals surface area contributed by atoms with Gasteiger partial charge in [-0.05, 0) is 30.9 Å². The van der Waals surface area contributed by atoms with Gasteiger partial charge < -0.3 is 15.4 Å². The van der Waals surface area contributed by atoms with Crippen LogP contribution in [-0.2, 0) is 4.74 Å². The summed E-state index contributed by atoms with van der Waals surface area (Å²) in [6, 6.07) is 4.95. The Morgan fingerprint density at radius 1 is 1.47 bits per heavy atom. The van der Waals surface area contributed by atoms with Gasteiger partial charge in [-0.25, -0.2) is 4.39 Å². The molecule has 1 fully saturated rings. The molecule has 2 N–H and O–H groups in total. The van der Waals surface area contributed by atoms with E-state index in [2.05, 4.69) is 11.8 Å². The molecule has 2 unspecified atom stereocenters. The van der Waals surface area contributed by atoms with Crippen LogP contribution in [0.3, 0.4) is 0 Å². The Kier molecular flexibility index (Phi) is 4.42. The van der Waals surface area contributed by atoms with Gasteiger partial charge in [0.1, 0.15) is 5.82 Å². The third-order valence-corrected chi connectivity index (χ3v) is 4.02. The number of piperidine rings is 1. The molecule has 0 saturated carbocycles. The summed E-state index contributed by atoms with van der Waals surface area (Å²) in [4.78, 5) is 2.07. The Labute approximate surface area is 114 Å². The molecule has 3 nitrogen and oxygen atoms in total. The fourth-order valence-electron chi connectivity index (χ4n) is 2.78. The molecular formula is C15H23FN2O. The van der Waals surface area contributed by atoms with Crippen LogP contribution in [0.4, 0.5) is 10.1 Å². The number of nitrogens with zero attached hydrogens (tertiary/aromatic N) is 1. The summed E-state index contributed by atoms with van der Waals surface area (Å²) < 4.78 is 19.7. The number of anilines is 1. The van der Waals surface area contributed by atoms with Crippen molar-refractivity contribution in [1.82, 2.24) is 0 Å². The van der Waals surface area contributed by atoms with Gasteiger partial charge in [-0.15, -0.1) is 0 Å². The van der Waals surface area contributed by atoms with Crippen LogP contribution in [0.15, 0.2) is 18.2 Å². The average molecular weight is 266 g/mol. The second kappa shape index (κ2) is 5.88. The summed E-state index contributed by atoms with van der Waals surface area (Å²) in [6.07, 6.45) is 1.15. The molecule has 1 aromatic rings. The molecule has 0 amide bonds. The van der Waals surface area contributed by atoms with E-state index >= 15 is 0 Å². The zero-order valence-electron chi connectivity index (χ0n) is 11.9. The van der Waals surface area contributed by atoms with Crippen molar-refractivity contribution in [3.8, 4) is 0 Å². The summed E-state index contributed by atoms with van der Waals surface area (Å²) >= 11 is 0. The Hall–Kier alpha value is -1.13. The van der Waals surface area contributed by atoms with E-state index < -0.39 is 0 Å². The summed E-state index contributed by atoms with van der Waals surface area (Å²) in [5.41, 5.74) is 7.47. The zero-order valence-corrected chi connectivity index (χ0v) is 11.9. The van der Waals surface area contributed by atoms with E-state index in [4.69, 9.17) is 10.5 Å². The van der Waals surface area contributed by atoms with Crippen LogP contribution in [0, 0.1) is 11.7 Å². The Morgan fingerprint density at radius 2 is 2.21 bits per heavy atom. The van der Waals surface area contributed by atoms with E-state index in [1.807, 2.05) is 13.0 Å². The second-order valence-corrected chi connectivity index (χ2v) is 5.45. The lowest BCUT2D eigenvalue weighted by atomic mass is 9.94. The first-order chi connectivity index (χ1) is 9.04. The van der Waals surface area contributed by atoms with Gasteiger partial charge in [-0.3, -0.25) is 0 Å². The predicted octanol–water partition coefficient (Wildman–Crippen LogP) is 2.71. The maximum atomic E-state index is 14.2. The fraction of sp³-hybridized carbons (Fsp3) is 0.600. The van der Waals surface area contributed by atoms with Crippen LogP contribution in [0.2, 0.25) is 0 Å². The first kappa shape index (κ1) is 14.3. The van der Waals surface area contributed by atoms with E-state index in [1.165, 1.54) is 6.07 Å². The molecule has 4 heteroatoms. The maximum absolute atomic E-state index is 14.2. The first-order valence-electron chi connectivity index (χ1n) is 6.86. The van der Waals surface area contributed by atoms with E-state index in [0.717, 1.165) is 25.1 Å². The van der Waals surface area contributed by atoms with Gasteiger partial charge in [-0.1, -0.05) is 19.1 Å². The van der Waals surface area contributed by atoms with E-state index in [9.17, 15) is 4.39 Å². The van der Waals surface area contributed by atoms with Crippen LogP contribution < -0.4 is 10.6 Å². The zero-order chi connectivity index (χ0) is 14.0. The number of hydrogen-bond donors (Lipinski definition) is 1. The summed E-state index contributed by atoms with van der Waals surface area (Å²) in [6.45, 7) is 5.64. The lowest BCUT2D eigenvalue weighted by Gasteiger charge is -2.38. The highest BCUT2D eigenvalue weighted by molar-refractivity contribution is 5.56. The van der Waals surface area contributed by atoms with Crippen molar-refractivity contribution in [2.75, 3.05) is 25.1 Å². The highest BCUT2D eigenvalue weighted by Gasteiger charge is 2.29. The minimum atomic E-state index is -0.195. The van der Waals surface area contributed by atoms with Gasteiger partial charge in [0.15, 0.2) is 0 Å². The molecule has 0 radical (unpaired) electrons. The lowest BCUT2D eigenvalue weighted by molar-refractivity contribution is 0.0496. The summed E-state index contributed by atoms with van der Waals surface area (Å²) in [7, 11) is 1.72. The number of rotatable bonds is 3. The number of para-hydroxylation sites is 1. The number of halogens is 1. The molecule has 1 aliphatic rings. The Morgan fingerprint density at radius 3 is 2.84 bits per heavy atom. The van der Waals surface area contributed by atoms with Crippen LogP contribution in [0.5, 0.6) is 0 Å². The molecule has 1 heterocycles. The minimum Gasteiger partial charge on any atom is -0.379 e. The predicted molar refractivity (Wildman–Crippen MR) is 75.8 cm³/mol. The minimum absolute atomic E-state index is 0.147. The van der Waals surface area contributed by atoms with Gasteiger partial charge in [0, 0.05) is 26.2 Å². The highest BCUT2D eigenvalue weighted by Crippen LogP contribution is 2.32. The Balaban J connectivity index is 2.31. The molecule has 106 valence electrons. The monoisotopic (exact) mass is 266 g/mol. The first-order valence-corrected chi connectivity index (χ1v) is 6.86. The van der Waals surface area contributed by atoms with Crippen molar-refractivity contribution < 1.29 is 9.13 Å². The molecule has 0 bridgehead atoms. The van der Waals surface area contributed by atoms with E-state index in [-0.39, 0.29) is 18.0 Å². The van der Waals surface area contributed by atoms with Crippen molar-refractivity contribution in [3.63, 3.8) is 0 Å². The number of hydrogen-bond acceptors (Lipinski definition) is 3. The fourth-order valence-corrected chi connectivity index (χ4v) is 2.78. The van der Waals surface area contributed by atoms with E-state index in [0.29, 0.717) is 11.6 Å². The molecule has 1 saturated heterocycles. The lowest BCUT2D eigenvalue weighted by Crippen LogP contribution is -2.44. The molecule has 19 heavy (non-hydrogen) atoms. The Bertz CT molecular complexity index is 436. The number of nitrogens with two attached hydrogens (primary N) is 1. The van der Waals surface area contributed by atoms with E-state index in [1.54, 1.807) is 13.2 Å². The largest absolute Gasteiger partial charge is 0.379 e. The molecular weight excluding hydrogens is 243 g/mol. The topological polar surface area (TPSA) is 38.5 Å². The molecule has 1 aliphatic heterocycles. The SMILES string of the molecule is COC1CN(c2c(F)cccc2[C@@H](C)N)CCC1C. The van der Waals surface area contributed by atoms with Gasteiger partial charge >= 0.3 is 0 Å². The highest BCUT2D eigenvalue weighted by atomic mass is 19.1. The average Bonchev–Trinajstić information content (AvgIpc) is 2.39. The smallest absolute Gasteiger partial charge is 0.146 e. The van der Waals surface area contributed by atoms with Crippen molar-refractivity contribution in [2.24, 2.45) is 11.7 Å². The van der Waals surface area contributed by atoms with Crippen molar-refractivity contribution in [3.05, 3.63) is 29.6 Å². The second-order valence-electron chi connectivity index (χ2n) is 5.45. The van der Waals surface area contributed by atoms with Gasteiger partial charge in [-0.2, -0.15) is 0 Å². The van der Waals surface area contributed by atoms with Crippen LogP contribution in [0.1, 0.15) is 31.9 Å². The third-order valence-electron chi connectivity index (χ3n) is 4.02. The van der Waals surface area contributed by atoms with Crippen LogP contribution >= 0.6 is 0 Å². The number of benzene rings is 1. The third kappa shape index (κ3) is 2.90. The van der Waals surface area contributed by atoms with Gasteiger partial charge in [0.2, 0.25) is 0 Å². The van der Waals surface area contributed by atoms with Gasteiger partial charge in [0.05, 0.1) is 11.8 Å². The molecule has 0 aliphatic carbocycles. The molecule has 0 spiro atoms. The van der Waals surface area contributed by atoms with Gasteiger partial charge in [0.25, 0.3) is 0 Å². The molecule has 1 aromatic carbocycles. The maximum Gasteiger partial charge on any atom is 0.146 e. The molecule has 0 aromatic heterocycles. The van der Waals surface area contributed by atoms with Crippen molar-refractivity contribution in [1.29, 1.82) is 0 Å². The number of ether oxygens (including phenoxy) is 1. The van der Waals surface area contributed by atoms with Crippen LogP contribution in [0.25, 0.3) is 0 Å². The quantitative estimate of drug-likeness (QED) is 0.914. The van der Waals surface area contributed by atoms with Crippen molar-refractivity contribution >= 4 is 5.69 Å². The molecule has 3 atom stereocenters. The normalized spacial score (nSPS) is 25.4. The number of methoxy groups -OCH3 is 1. The molecule has 2 rings (SSSR count). The van der Waals surface area contributed by atoms with Crippen LogP contribution in [-0.4, -0.2) is 26.3 Å². The van der Waals surface area contributed by atoms with Crippen molar-refractivity contribution in [2.45, 2.75) is 32.4 Å². The summed E-state index contributed by atoms with van der Waals surface area (Å²) in [5, 5.41) is 0. The standard InChI is InChI=1S/C15H23FN2O/c1-10-7-8-18(9-14(10)19-3)15-12(11(2)17)5-4-6-13(15)16/h4-6,10-11,14H,7-9,17H2,1-3H3/t10?,11-,14?/m1/s1.